The Hall–Kier alpha value is -7.04. The van der Waals surface area contributed by atoms with Crippen molar-refractivity contribution in [2.24, 2.45) is 0 Å². The summed E-state index contributed by atoms with van der Waals surface area (Å²) in [4.78, 5) is 10.5. The lowest BCUT2D eigenvalue weighted by Gasteiger charge is -2.18. The lowest BCUT2D eigenvalue weighted by atomic mass is 9.88. The molecule has 3 aromatic heterocycles. The summed E-state index contributed by atoms with van der Waals surface area (Å²) in [5.41, 5.74) is 15.9. The fourth-order valence-electron chi connectivity index (χ4n) is 7.28. The quantitative estimate of drug-likeness (QED) is 0.182. The second-order valence-corrected chi connectivity index (χ2v) is 13.3. The number of imidazole rings is 1. The molecule has 0 atom stereocenters. The van der Waals surface area contributed by atoms with E-state index < -0.39 is 0 Å². The van der Waals surface area contributed by atoms with Crippen LogP contribution >= 0.6 is 0 Å². The van der Waals surface area contributed by atoms with Gasteiger partial charge in [-0.05, 0) is 82.8 Å². The molecule has 9 aromatic rings. The van der Waals surface area contributed by atoms with Crippen molar-refractivity contribution in [3.05, 3.63) is 194 Å². The zero-order chi connectivity index (χ0) is 35.7. The molecule has 0 aliphatic heterocycles. The minimum Gasteiger partial charge on any atom is -0.507 e. The van der Waals surface area contributed by atoms with Crippen molar-refractivity contribution < 1.29 is 5.11 Å². The topological polar surface area (TPSA) is 50.4 Å². The summed E-state index contributed by atoms with van der Waals surface area (Å²) in [7, 11) is 0. The van der Waals surface area contributed by atoms with E-state index in [1.807, 2.05) is 24.3 Å². The fraction of sp³-hybridized carbons (Fsp3) is 0.0204. The van der Waals surface area contributed by atoms with Gasteiger partial charge in [-0.3, -0.25) is 4.40 Å². The molecule has 0 aliphatic rings. The molecule has 0 bridgehead atoms. The zero-order valence-electron chi connectivity index (χ0n) is 29.2. The molecule has 0 unspecified atom stereocenters. The number of para-hydroxylation sites is 1. The number of hydrogen-bond donors (Lipinski definition) is 1. The van der Waals surface area contributed by atoms with Crippen molar-refractivity contribution in [1.82, 2.24) is 14.4 Å². The van der Waals surface area contributed by atoms with Crippen LogP contribution in [0.2, 0.25) is 0 Å². The maximum atomic E-state index is 10.9. The largest absolute Gasteiger partial charge is 0.507 e. The van der Waals surface area contributed by atoms with Crippen molar-refractivity contribution in [1.29, 1.82) is 0 Å². The zero-order valence-corrected chi connectivity index (χ0v) is 29.2. The molecular formula is C49H35N3O. The Morgan fingerprint density at radius 3 is 1.75 bits per heavy atom. The normalized spacial score (nSPS) is 11.2. The highest BCUT2D eigenvalue weighted by Crippen LogP contribution is 2.45. The molecule has 53 heavy (non-hydrogen) atoms. The highest BCUT2D eigenvalue weighted by molar-refractivity contribution is 5.99. The first-order chi connectivity index (χ1) is 26.1. The molecule has 252 valence electrons. The number of phenolic OH excluding ortho intramolecular Hbond substituents is 1. The third-order valence-electron chi connectivity index (χ3n) is 9.79. The van der Waals surface area contributed by atoms with Gasteiger partial charge in [-0.2, -0.15) is 0 Å². The summed E-state index contributed by atoms with van der Waals surface area (Å²) in [6, 6.07) is 62.5. The second-order valence-electron chi connectivity index (χ2n) is 13.3. The van der Waals surface area contributed by atoms with Crippen molar-refractivity contribution in [2.45, 2.75) is 6.92 Å². The number of phenols is 1. The molecule has 0 amide bonds. The summed E-state index contributed by atoms with van der Waals surface area (Å²) in [6.07, 6.45) is 2.10. The number of nitrogens with zero attached hydrogens (tertiary/aromatic N) is 3. The number of fused-ring (bicyclic) bond motifs is 1. The number of aromatic nitrogens is 3. The van der Waals surface area contributed by atoms with Crippen LogP contribution in [0.3, 0.4) is 0 Å². The minimum absolute atomic E-state index is 0.196. The Bertz CT molecular complexity index is 2690. The van der Waals surface area contributed by atoms with E-state index in [9.17, 15) is 5.11 Å². The lowest BCUT2D eigenvalue weighted by molar-refractivity contribution is 0.477. The van der Waals surface area contributed by atoms with Crippen LogP contribution < -0.4 is 0 Å². The molecule has 0 saturated heterocycles. The SMILES string of the molecule is Cc1cccc(-c2cc(-c3cccc(-c4nc5ccccn5c4-c4c(-c5ccccc5)cccc4-c4ccccc4)c3)nc(-c3ccccc3O)c2)c1. The van der Waals surface area contributed by atoms with Crippen LogP contribution in [0.5, 0.6) is 5.75 Å². The predicted octanol–water partition coefficient (Wildman–Crippen LogP) is 12.4. The number of aryl methyl sites for hydroxylation is 1. The van der Waals surface area contributed by atoms with Gasteiger partial charge in [-0.25, -0.2) is 9.97 Å². The van der Waals surface area contributed by atoms with Crippen LogP contribution in [-0.2, 0) is 0 Å². The molecule has 1 N–H and O–H groups in total. The molecule has 0 aliphatic carbocycles. The number of pyridine rings is 2. The van der Waals surface area contributed by atoms with Gasteiger partial charge in [0.05, 0.1) is 22.8 Å². The van der Waals surface area contributed by atoms with Gasteiger partial charge in [-0.15, -0.1) is 0 Å². The van der Waals surface area contributed by atoms with Crippen LogP contribution in [-0.4, -0.2) is 19.5 Å². The van der Waals surface area contributed by atoms with E-state index in [4.69, 9.17) is 9.97 Å². The van der Waals surface area contributed by atoms with Gasteiger partial charge in [0, 0.05) is 28.5 Å². The molecule has 4 heteroatoms. The van der Waals surface area contributed by atoms with Gasteiger partial charge in [0.25, 0.3) is 0 Å². The molecule has 0 radical (unpaired) electrons. The molecule has 4 nitrogen and oxygen atoms in total. The van der Waals surface area contributed by atoms with Gasteiger partial charge < -0.3 is 5.11 Å². The number of benzene rings is 6. The maximum absolute atomic E-state index is 10.9. The Morgan fingerprint density at radius 1 is 0.434 bits per heavy atom. The molecule has 0 fully saturated rings. The first-order valence-corrected chi connectivity index (χ1v) is 17.8. The Kier molecular flexibility index (Phi) is 8.18. The van der Waals surface area contributed by atoms with Gasteiger partial charge >= 0.3 is 0 Å². The molecular weight excluding hydrogens is 647 g/mol. The number of hydrogen-bond acceptors (Lipinski definition) is 3. The van der Waals surface area contributed by atoms with Crippen LogP contribution in [0, 0.1) is 6.92 Å². The Balaban J connectivity index is 1.28. The van der Waals surface area contributed by atoms with Crippen LogP contribution in [0.1, 0.15) is 5.56 Å². The van der Waals surface area contributed by atoms with Crippen molar-refractivity contribution in [2.75, 3.05) is 0 Å². The molecule has 0 spiro atoms. The van der Waals surface area contributed by atoms with Gasteiger partial charge in [0.1, 0.15) is 11.4 Å². The first-order valence-electron chi connectivity index (χ1n) is 17.8. The van der Waals surface area contributed by atoms with E-state index in [1.54, 1.807) is 6.07 Å². The third-order valence-corrected chi connectivity index (χ3v) is 9.79. The second kappa shape index (κ2) is 13.6. The van der Waals surface area contributed by atoms with Gasteiger partial charge in [0.2, 0.25) is 0 Å². The van der Waals surface area contributed by atoms with E-state index >= 15 is 0 Å². The summed E-state index contributed by atoms with van der Waals surface area (Å²) >= 11 is 0. The standard InChI is InChI=1S/C49H35N3O/c1-33-15-12-20-36(29-33)39-31-43(50-44(32-39)42-23-8-9-26-45(42)53)37-21-13-22-38(30-37)48-49(52-28-11-10-27-46(52)51-48)47-40(34-16-4-2-5-17-34)24-14-25-41(47)35-18-6-3-7-19-35/h2-32,53H,1H3. The molecule has 0 saturated carbocycles. The Labute approximate surface area is 309 Å². The smallest absolute Gasteiger partial charge is 0.137 e. The summed E-state index contributed by atoms with van der Waals surface area (Å²) in [5.74, 6) is 0.196. The van der Waals surface area contributed by atoms with Crippen LogP contribution in [0.4, 0.5) is 0 Å². The van der Waals surface area contributed by atoms with E-state index in [-0.39, 0.29) is 5.75 Å². The van der Waals surface area contributed by atoms with Gasteiger partial charge in [-0.1, -0.05) is 145 Å². The van der Waals surface area contributed by atoms with E-state index in [0.29, 0.717) is 11.3 Å². The molecule has 9 rings (SSSR count). The predicted molar refractivity (Wildman–Crippen MR) is 217 cm³/mol. The highest BCUT2D eigenvalue weighted by Gasteiger charge is 2.23. The number of aromatic hydroxyl groups is 1. The van der Waals surface area contributed by atoms with Gasteiger partial charge in [0.15, 0.2) is 0 Å². The maximum Gasteiger partial charge on any atom is 0.137 e. The van der Waals surface area contributed by atoms with Crippen molar-refractivity contribution in [3.8, 4) is 84.2 Å². The summed E-state index contributed by atoms with van der Waals surface area (Å²) in [5, 5.41) is 10.9. The van der Waals surface area contributed by atoms with E-state index in [1.165, 1.54) is 5.56 Å². The average Bonchev–Trinajstić information content (AvgIpc) is 3.61. The van der Waals surface area contributed by atoms with Crippen LogP contribution in [0.15, 0.2) is 188 Å². The fourth-order valence-corrected chi connectivity index (χ4v) is 7.28. The molecule has 3 heterocycles. The molecule has 6 aromatic carbocycles. The monoisotopic (exact) mass is 681 g/mol. The van der Waals surface area contributed by atoms with E-state index in [0.717, 1.165) is 72.8 Å². The third kappa shape index (κ3) is 6.07. The first kappa shape index (κ1) is 31.9. The Morgan fingerprint density at radius 2 is 1.02 bits per heavy atom. The summed E-state index contributed by atoms with van der Waals surface area (Å²) in [6.45, 7) is 2.10. The number of rotatable bonds is 7. The van der Waals surface area contributed by atoms with Crippen molar-refractivity contribution in [3.63, 3.8) is 0 Å². The van der Waals surface area contributed by atoms with E-state index in [2.05, 4.69) is 169 Å². The van der Waals surface area contributed by atoms with Crippen LogP contribution in [0.25, 0.3) is 84.1 Å². The lowest BCUT2D eigenvalue weighted by Crippen LogP contribution is -1.96. The summed E-state index contributed by atoms with van der Waals surface area (Å²) < 4.78 is 2.21. The van der Waals surface area contributed by atoms with Crippen molar-refractivity contribution >= 4 is 5.65 Å². The minimum atomic E-state index is 0.196. The highest BCUT2D eigenvalue weighted by atomic mass is 16.3. The average molecular weight is 682 g/mol.